The van der Waals surface area contributed by atoms with E-state index in [-0.39, 0.29) is 31.4 Å². The highest BCUT2D eigenvalue weighted by atomic mass is 32.2. The van der Waals surface area contributed by atoms with Crippen molar-refractivity contribution in [2.24, 2.45) is 5.73 Å². The number of unbranched alkanes of at least 4 members (excludes halogenated alkanes) is 17. The third kappa shape index (κ3) is 39.7. The summed E-state index contributed by atoms with van der Waals surface area (Å²) >= 11 is 1.19. The number of esters is 2. The number of carbonyl (C=O) groups excluding carboxylic acids is 2. The first-order valence-corrected chi connectivity index (χ1v) is 26.1. The van der Waals surface area contributed by atoms with Gasteiger partial charge in [0.25, 0.3) is 0 Å². The summed E-state index contributed by atoms with van der Waals surface area (Å²) in [4.78, 5) is 46.9. The van der Waals surface area contributed by atoms with Gasteiger partial charge in [-0.1, -0.05) is 165 Å². The standard InChI is InChI=1S/C47H84NO13PS/c1-3-5-7-9-11-13-15-17-18-19-21-23-25-27-29-34-46(54)61-41(38-60-62(56,57)59-36-40(50)35-49)37-58-47(55)42(48)39-63-44(43(51)31-30-33-45(52)53)32-28-26-24-22-20-16-14-12-10-8-6-4-2/h12,14,20,22,24,26,28,32,40-44,49-51H,3-11,13,15-19,21,23,25,27,29-31,33-39,48H2,1-2H3,(H,52,53)(H,56,57)/b14-12-,22-20-,26-24+,32-28+/t40-,41+,42-,43-,44+/m0/s1. The van der Waals surface area contributed by atoms with E-state index in [0.29, 0.717) is 6.42 Å². The Hall–Kier alpha value is -2.33. The molecule has 0 spiro atoms. The number of hydrogen-bond acceptors (Lipinski definition) is 13. The molecule has 6 atom stereocenters. The van der Waals surface area contributed by atoms with E-state index in [9.17, 15) is 34.1 Å². The Bertz CT molecular complexity index is 1310. The smallest absolute Gasteiger partial charge is 0.472 e. The third-order valence-electron chi connectivity index (χ3n) is 9.98. The van der Waals surface area contributed by atoms with Crippen molar-refractivity contribution in [1.29, 1.82) is 0 Å². The van der Waals surface area contributed by atoms with Gasteiger partial charge < -0.3 is 40.5 Å². The first kappa shape index (κ1) is 60.7. The lowest BCUT2D eigenvalue weighted by Crippen LogP contribution is -2.38. The topological polar surface area (TPSA) is 232 Å². The monoisotopic (exact) mass is 934 g/mol. The number of aliphatic carboxylic acids is 1. The van der Waals surface area contributed by atoms with Crippen LogP contribution in [0.15, 0.2) is 48.6 Å². The number of thioether (sulfide) groups is 1. The summed E-state index contributed by atoms with van der Waals surface area (Å²) in [6.07, 6.45) is 35.4. The molecule has 0 aromatic heterocycles. The number of phosphoric acid groups is 1. The summed E-state index contributed by atoms with van der Waals surface area (Å²) < 4.78 is 32.9. The minimum Gasteiger partial charge on any atom is -0.481 e. The normalized spacial score (nSPS) is 15.5. The highest BCUT2D eigenvalue weighted by Gasteiger charge is 2.28. The van der Waals surface area contributed by atoms with E-state index < -0.39 is 81.8 Å². The Labute approximate surface area is 383 Å². The van der Waals surface area contributed by atoms with Gasteiger partial charge in [0.15, 0.2) is 6.10 Å². The first-order chi connectivity index (χ1) is 30.3. The van der Waals surface area contributed by atoms with E-state index in [0.717, 1.165) is 38.5 Å². The van der Waals surface area contributed by atoms with Crippen LogP contribution in [0.1, 0.15) is 168 Å². The van der Waals surface area contributed by atoms with E-state index in [4.69, 9.17) is 29.9 Å². The minimum atomic E-state index is -4.75. The van der Waals surface area contributed by atoms with E-state index in [1.165, 1.54) is 95.2 Å². The molecule has 0 aromatic carbocycles. The molecule has 0 aromatic rings. The second-order valence-corrected chi connectivity index (χ2v) is 18.7. The quantitative estimate of drug-likeness (QED) is 0.0110. The summed E-state index contributed by atoms with van der Waals surface area (Å²) in [5, 5.41) is 37.9. The molecular formula is C47H84NO13PS. The van der Waals surface area contributed by atoms with E-state index >= 15 is 0 Å². The number of carbonyl (C=O) groups is 3. The zero-order chi connectivity index (χ0) is 46.8. The Morgan fingerprint density at radius 1 is 0.698 bits per heavy atom. The zero-order valence-corrected chi connectivity index (χ0v) is 40.2. The maximum Gasteiger partial charge on any atom is 0.472 e. The SMILES string of the molecule is CCCCC/C=C\C\C=C/C=C/C=C/[C@@H](SC[C@H](N)C(=O)OC[C@H](COP(=O)(O)OC[C@@H](O)CO)OC(=O)CCCCCCCCCCCCCCCCC)[C@@H](O)CCCC(=O)O. The van der Waals surface area contributed by atoms with Crippen LogP contribution in [0.2, 0.25) is 0 Å². The number of rotatable bonds is 44. The molecule has 14 nitrogen and oxygen atoms in total. The number of hydrogen-bond donors (Lipinski definition) is 6. The summed E-state index contributed by atoms with van der Waals surface area (Å²) in [6.45, 7) is 1.79. The highest BCUT2D eigenvalue weighted by molar-refractivity contribution is 8.00. The number of aliphatic hydroxyl groups is 3. The maximum atomic E-state index is 13.0. The van der Waals surface area contributed by atoms with Crippen molar-refractivity contribution >= 4 is 37.5 Å². The summed E-state index contributed by atoms with van der Waals surface area (Å²) in [5.74, 6) is -2.41. The fourth-order valence-electron chi connectivity index (χ4n) is 6.20. The lowest BCUT2D eigenvalue weighted by atomic mass is 10.0. The van der Waals surface area contributed by atoms with Crippen molar-refractivity contribution < 1.29 is 62.8 Å². The summed E-state index contributed by atoms with van der Waals surface area (Å²) in [7, 11) is -4.75. The lowest BCUT2D eigenvalue weighted by Gasteiger charge is -2.22. The predicted molar refractivity (Wildman–Crippen MR) is 252 cm³/mol. The van der Waals surface area contributed by atoms with Gasteiger partial charge in [0.1, 0.15) is 18.8 Å². The average molecular weight is 934 g/mol. The largest absolute Gasteiger partial charge is 0.481 e. The fraction of sp³-hybridized carbons (Fsp3) is 0.766. The Morgan fingerprint density at radius 3 is 1.87 bits per heavy atom. The van der Waals surface area contributed by atoms with E-state index in [2.05, 4.69) is 30.5 Å². The molecule has 0 bridgehead atoms. The molecule has 0 fully saturated rings. The number of ether oxygens (including phenoxy) is 2. The van der Waals surface area contributed by atoms with Gasteiger partial charge in [0.2, 0.25) is 0 Å². The van der Waals surface area contributed by atoms with Gasteiger partial charge in [-0.05, 0) is 38.5 Å². The molecule has 0 aliphatic heterocycles. The highest BCUT2D eigenvalue weighted by Crippen LogP contribution is 2.43. The van der Waals surface area contributed by atoms with Gasteiger partial charge in [-0.2, -0.15) is 0 Å². The number of phosphoric ester groups is 1. The number of carboxylic acids is 1. The third-order valence-corrected chi connectivity index (χ3v) is 12.3. The van der Waals surface area contributed by atoms with Gasteiger partial charge in [0, 0.05) is 23.8 Å². The molecule has 0 rings (SSSR count). The van der Waals surface area contributed by atoms with Gasteiger partial charge in [-0.3, -0.25) is 23.4 Å². The van der Waals surface area contributed by atoms with Gasteiger partial charge >= 0.3 is 25.7 Å². The molecular weight excluding hydrogens is 850 g/mol. The predicted octanol–water partition coefficient (Wildman–Crippen LogP) is 9.43. The molecule has 0 radical (unpaired) electrons. The van der Waals surface area contributed by atoms with Crippen molar-refractivity contribution in [3.8, 4) is 0 Å². The van der Waals surface area contributed by atoms with E-state index in [1.54, 1.807) is 12.2 Å². The minimum absolute atomic E-state index is 0.0189. The Balaban J connectivity index is 5.14. The average Bonchev–Trinajstić information content (AvgIpc) is 3.25. The van der Waals surface area contributed by atoms with Crippen molar-refractivity contribution in [3.05, 3.63) is 48.6 Å². The van der Waals surface area contributed by atoms with Crippen LogP contribution in [-0.4, -0.2) is 105 Å². The van der Waals surface area contributed by atoms with Gasteiger partial charge in [0.05, 0.1) is 25.9 Å². The molecule has 0 aliphatic rings. The van der Waals surface area contributed by atoms with Crippen LogP contribution < -0.4 is 5.73 Å². The molecule has 0 saturated heterocycles. The number of allylic oxidation sites excluding steroid dienone is 7. The molecule has 366 valence electrons. The van der Waals surface area contributed by atoms with Crippen molar-refractivity contribution in [3.63, 3.8) is 0 Å². The summed E-state index contributed by atoms with van der Waals surface area (Å²) in [5.41, 5.74) is 6.16. The van der Waals surface area contributed by atoms with Crippen LogP contribution in [0.3, 0.4) is 0 Å². The zero-order valence-electron chi connectivity index (χ0n) is 38.4. The molecule has 0 saturated carbocycles. The van der Waals surface area contributed by atoms with Crippen LogP contribution in [0.25, 0.3) is 0 Å². The second kappa shape index (κ2) is 42.3. The number of nitrogens with two attached hydrogens (primary N) is 1. The second-order valence-electron chi connectivity index (χ2n) is 16.0. The lowest BCUT2D eigenvalue weighted by molar-refractivity contribution is -0.161. The molecule has 63 heavy (non-hydrogen) atoms. The van der Waals surface area contributed by atoms with Crippen LogP contribution >= 0.6 is 19.6 Å². The Kier molecular flexibility index (Phi) is 40.8. The fourth-order valence-corrected chi connectivity index (χ4v) is 8.11. The molecule has 0 aliphatic carbocycles. The molecule has 0 amide bonds. The number of carboxylic acid groups (broad SMARTS) is 1. The van der Waals surface area contributed by atoms with Crippen LogP contribution in [0.5, 0.6) is 0 Å². The number of aliphatic hydroxyl groups excluding tert-OH is 3. The van der Waals surface area contributed by atoms with Gasteiger partial charge in [-0.25, -0.2) is 4.57 Å². The molecule has 16 heteroatoms. The molecule has 0 heterocycles. The Morgan fingerprint density at radius 2 is 1.27 bits per heavy atom. The van der Waals surface area contributed by atoms with Crippen LogP contribution in [0.4, 0.5) is 0 Å². The first-order valence-electron chi connectivity index (χ1n) is 23.5. The van der Waals surface area contributed by atoms with Crippen LogP contribution in [-0.2, 0) is 37.5 Å². The van der Waals surface area contributed by atoms with Crippen molar-refractivity contribution in [2.75, 3.05) is 32.2 Å². The summed E-state index contributed by atoms with van der Waals surface area (Å²) in [6, 6.07) is -1.17. The molecule has 7 N–H and O–H groups in total. The molecule has 1 unspecified atom stereocenters. The van der Waals surface area contributed by atoms with E-state index in [1.807, 2.05) is 24.3 Å². The van der Waals surface area contributed by atoms with Gasteiger partial charge in [-0.15, -0.1) is 11.8 Å². The maximum absolute atomic E-state index is 13.0. The van der Waals surface area contributed by atoms with Crippen molar-refractivity contribution in [1.82, 2.24) is 0 Å². The van der Waals surface area contributed by atoms with Crippen molar-refractivity contribution in [2.45, 2.75) is 198 Å². The van der Waals surface area contributed by atoms with Crippen LogP contribution in [0, 0.1) is 0 Å².